The first-order valence-electron chi connectivity index (χ1n) is 4.81. The van der Waals surface area contributed by atoms with Crippen molar-refractivity contribution in [1.82, 2.24) is 0 Å². The zero-order valence-electron chi connectivity index (χ0n) is 8.40. The smallest absolute Gasteiger partial charge is 0.156 e. The molecule has 15 heavy (non-hydrogen) atoms. The molecule has 1 heterocycles. The van der Waals surface area contributed by atoms with Gasteiger partial charge in [0, 0.05) is 17.0 Å². The molecule has 0 aliphatic carbocycles. The fraction of sp³-hybridized carbons (Fsp3) is 0.364. The van der Waals surface area contributed by atoms with E-state index in [4.69, 9.17) is 21.5 Å². The monoisotopic (exact) mass is 225 g/mol. The number of nitrogens with zero attached hydrogens (tertiary/aromatic N) is 1. The number of hydrogen-bond donors (Lipinski definition) is 1. The van der Waals surface area contributed by atoms with Gasteiger partial charge in [0.25, 0.3) is 0 Å². The average Bonchev–Trinajstić information content (AvgIpc) is 2.66. The topological polar surface area (TPSA) is 41.8 Å². The number of aliphatic hydroxyl groups is 1. The number of oxime groups is 1. The van der Waals surface area contributed by atoms with E-state index in [1.54, 1.807) is 0 Å². The van der Waals surface area contributed by atoms with Gasteiger partial charge in [0.05, 0.1) is 12.3 Å². The SMILES string of the molecule is Cc1cc(Cl)ccc1C1=NOC(CO)C1. The summed E-state index contributed by atoms with van der Waals surface area (Å²) in [7, 11) is 0. The molecule has 0 aromatic heterocycles. The maximum atomic E-state index is 8.92. The molecule has 0 bridgehead atoms. The van der Waals surface area contributed by atoms with E-state index in [1.807, 2.05) is 25.1 Å². The summed E-state index contributed by atoms with van der Waals surface area (Å²) in [6.45, 7) is 1.98. The van der Waals surface area contributed by atoms with Crippen LogP contribution in [0.1, 0.15) is 17.5 Å². The Labute approximate surface area is 93.3 Å². The third-order valence-electron chi connectivity index (χ3n) is 2.44. The standard InChI is InChI=1S/C11H12ClNO2/c1-7-4-8(12)2-3-10(7)11-5-9(6-14)15-13-11/h2-4,9,14H,5-6H2,1H3. The molecule has 0 radical (unpaired) electrons. The minimum absolute atomic E-state index is 0.000360. The summed E-state index contributed by atoms with van der Waals surface area (Å²) >= 11 is 5.87. The molecule has 0 amide bonds. The van der Waals surface area contributed by atoms with Gasteiger partial charge in [-0.2, -0.15) is 0 Å². The van der Waals surface area contributed by atoms with Gasteiger partial charge in [-0.25, -0.2) is 0 Å². The first-order chi connectivity index (χ1) is 7.20. The van der Waals surface area contributed by atoms with Crippen LogP contribution in [0.5, 0.6) is 0 Å². The van der Waals surface area contributed by atoms with E-state index in [0.717, 1.165) is 21.9 Å². The van der Waals surface area contributed by atoms with Crippen molar-refractivity contribution in [2.45, 2.75) is 19.4 Å². The molecule has 3 nitrogen and oxygen atoms in total. The molecular weight excluding hydrogens is 214 g/mol. The second-order valence-electron chi connectivity index (χ2n) is 3.61. The molecule has 1 atom stereocenters. The summed E-state index contributed by atoms with van der Waals surface area (Å²) in [4.78, 5) is 5.06. The van der Waals surface area contributed by atoms with Gasteiger partial charge in [-0.3, -0.25) is 0 Å². The molecule has 1 N–H and O–H groups in total. The van der Waals surface area contributed by atoms with Crippen molar-refractivity contribution in [3.63, 3.8) is 0 Å². The minimum Gasteiger partial charge on any atom is -0.392 e. The number of aliphatic hydroxyl groups excluding tert-OH is 1. The van der Waals surface area contributed by atoms with E-state index in [0.29, 0.717) is 6.42 Å². The van der Waals surface area contributed by atoms with E-state index in [-0.39, 0.29) is 12.7 Å². The van der Waals surface area contributed by atoms with Crippen LogP contribution in [0, 0.1) is 6.92 Å². The van der Waals surface area contributed by atoms with Crippen molar-refractivity contribution in [2.75, 3.05) is 6.61 Å². The fourth-order valence-electron chi connectivity index (χ4n) is 1.64. The zero-order chi connectivity index (χ0) is 10.8. The largest absolute Gasteiger partial charge is 0.392 e. The van der Waals surface area contributed by atoms with Crippen LogP contribution in [0.15, 0.2) is 23.4 Å². The van der Waals surface area contributed by atoms with E-state index in [2.05, 4.69) is 5.16 Å². The molecule has 4 heteroatoms. The number of benzene rings is 1. The Bertz CT molecular complexity index is 404. The summed E-state index contributed by atoms with van der Waals surface area (Å²) < 4.78 is 0. The number of aryl methyl sites for hydroxylation is 1. The quantitative estimate of drug-likeness (QED) is 0.838. The molecule has 0 saturated carbocycles. The third kappa shape index (κ3) is 2.13. The molecule has 1 aromatic carbocycles. The minimum atomic E-state index is -0.199. The number of halogens is 1. The molecular formula is C11H12ClNO2. The van der Waals surface area contributed by atoms with Gasteiger partial charge in [-0.15, -0.1) is 0 Å². The van der Waals surface area contributed by atoms with Gasteiger partial charge in [0.15, 0.2) is 6.10 Å². The molecule has 80 valence electrons. The second-order valence-corrected chi connectivity index (χ2v) is 4.05. The van der Waals surface area contributed by atoms with Crippen LogP contribution in [0.2, 0.25) is 5.02 Å². The molecule has 0 saturated heterocycles. The molecule has 0 fully saturated rings. The van der Waals surface area contributed by atoms with Crippen molar-refractivity contribution < 1.29 is 9.94 Å². The maximum Gasteiger partial charge on any atom is 0.156 e. The molecule has 1 unspecified atom stereocenters. The van der Waals surface area contributed by atoms with Gasteiger partial charge in [-0.05, 0) is 24.6 Å². The normalized spacial score (nSPS) is 19.9. The van der Waals surface area contributed by atoms with Crippen LogP contribution in [0.25, 0.3) is 0 Å². The average molecular weight is 226 g/mol. The number of rotatable bonds is 2. The predicted octanol–water partition coefficient (Wildman–Crippen LogP) is 2.13. The van der Waals surface area contributed by atoms with Gasteiger partial charge >= 0.3 is 0 Å². The van der Waals surface area contributed by atoms with Crippen molar-refractivity contribution in [1.29, 1.82) is 0 Å². The van der Waals surface area contributed by atoms with Crippen LogP contribution in [0.4, 0.5) is 0 Å². The van der Waals surface area contributed by atoms with Gasteiger partial charge < -0.3 is 9.94 Å². The summed E-state index contributed by atoms with van der Waals surface area (Å²) in [5.74, 6) is 0. The highest BCUT2D eigenvalue weighted by molar-refractivity contribution is 6.30. The van der Waals surface area contributed by atoms with Gasteiger partial charge in [0.1, 0.15) is 0 Å². The summed E-state index contributed by atoms with van der Waals surface area (Å²) in [5, 5.41) is 13.6. The Kier molecular flexibility index (Phi) is 2.93. The van der Waals surface area contributed by atoms with Crippen molar-refractivity contribution in [3.05, 3.63) is 34.3 Å². The highest BCUT2D eigenvalue weighted by Gasteiger charge is 2.22. The Balaban J connectivity index is 2.24. The highest BCUT2D eigenvalue weighted by atomic mass is 35.5. The van der Waals surface area contributed by atoms with Gasteiger partial charge in [-0.1, -0.05) is 22.8 Å². The Morgan fingerprint density at radius 1 is 1.60 bits per heavy atom. The van der Waals surface area contributed by atoms with E-state index in [1.165, 1.54) is 0 Å². The van der Waals surface area contributed by atoms with E-state index < -0.39 is 0 Å². The Morgan fingerprint density at radius 2 is 2.40 bits per heavy atom. The third-order valence-corrected chi connectivity index (χ3v) is 2.67. The first-order valence-corrected chi connectivity index (χ1v) is 5.18. The molecule has 2 rings (SSSR count). The molecule has 1 aliphatic rings. The fourth-order valence-corrected chi connectivity index (χ4v) is 1.86. The summed E-state index contributed by atoms with van der Waals surface area (Å²) in [5.41, 5.74) is 2.99. The lowest BCUT2D eigenvalue weighted by Gasteiger charge is -2.04. The van der Waals surface area contributed by atoms with Crippen molar-refractivity contribution in [3.8, 4) is 0 Å². The number of hydrogen-bond acceptors (Lipinski definition) is 3. The van der Waals surface area contributed by atoms with Gasteiger partial charge in [0.2, 0.25) is 0 Å². The van der Waals surface area contributed by atoms with E-state index >= 15 is 0 Å². The van der Waals surface area contributed by atoms with Crippen LogP contribution in [0.3, 0.4) is 0 Å². The second kappa shape index (κ2) is 4.21. The highest BCUT2D eigenvalue weighted by Crippen LogP contribution is 2.21. The zero-order valence-corrected chi connectivity index (χ0v) is 9.16. The molecule has 1 aromatic rings. The first kappa shape index (κ1) is 10.5. The van der Waals surface area contributed by atoms with Crippen LogP contribution in [-0.2, 0) is 4.84 Å². The summed E-state index contributed by atoms with van der Waals surface area (Å²) in [6.07, 6.45) is 0.453. The Hall–Kier alpha value is -1.06. The van der Waals surface area contributed by atoms with Crippen LogP contribution >= 0.6 is 11.6 Å². The van der Waals surface area contributed by atoms with Crippen molar-refractivity contribution >= 4 is 17.3 Å². The summed E-state index contributed by atoms with van der Waals surface area (Å²) in [6, 6.07) is 5.66. The molecule has 0 spiro atoms. The lowest BCUT2D eigenvalue weighted by atomic mass is 10.0. The van der Waals surface area contributed by atoms with Crippen LogP contribution in [-0.4, -0.2) is 23.5 Å². The molecule has 1 aliphatic heterocycles. The predicted molar refractivity (Wildman–Crippen MR) is 59.3 cm³/mol. The van der Waals surface area contributed by atoms with Crippen LogP contribution < -0.4 is 0 Å². The van der Waals surface area contributed by atoms with E-state index in [9.17, 15) is 0 Å². The van der Waals surface area contributed by atoms with Crippen molar-refractivity contribution in [2.24, 2.45) is 5.16 Å². The maximum absolute atomic E-state index is 8.92. The lowest BCUT2D eigenvalue weighted by molar-refractivity contribution is 0.0390. The lowest BCUT2D eigenvalue weighted by Crippen LogP contribution is -2.13. The Morgan fingerprint density at radius 3 is 3.00 bits per heavy atom.